The Hall–Kier alpha value is -3.01. The molecule has 1 aromatic heterocycles. The highest BCUT2D eigenvalue weighted by molar-refractivity contribution is 5.92. The fraction of sp³-hybridized carbons (Fsp3) is 0.320. The second-order valence-corrected chi connectivity index (χ2v) is 7.90. The molecule has 0 aliphatic heterocycles. The largest absolute Gasteiger partial charge is 0.309 e. The van der Waals surface area contributed by atoms with Gasteiger partial charge in [0.2, 0.25) is 5.91 Å². The molecule has 4 rings (SSSR count). The van der Waals surface area contributed by atoms with Crippen LogP contribution in [0.5, 0.6) is 0 Å². The van der Waals surface area contributed by atoms with E-state index in [4.69, 9.17) is 9.97 Å². The van der Waals surface area contributed by atoms with Crippen LogP contribution < -0.4 is 5.32 Å². The number of anilines is 1. The van der Waals surface area contributed by atoms with Gasteiger partial charge < -0.3 is 5.32 Å². The monoisotopic (exact) mass is 385 g/mol. The molecule has 0 radical (unpaired) electrons. The number of amides is 1. The van der Waals surface area contributed by atoms with Gasteiger partial charge in [0.25, 0.3) is 0 Å². The van der Waals surface area contributed by atoms with Crippen LogP contribution in [-0.4, -0.2) is 15.9 Å². The number of carbonyl (C=O) groups excluding carboxylic acids is 1. The second-order valence-electron chi connectivity index (χ2n) is 7.90. The zero-order valence-corrected chi connectivity index (χ0v) is 17.1. The molecule has 1 atom stereocenters. The van der Waals surface area contributed by atoms with Crippen LogP contribution >= 0.6 is 0 Å². The van der Waals surface area contributed by atoms with E-state index in [1.165, 1.54) is 11.1 Å². The quantitative estimate of drug-likeness (QED) is 0.649. The highest BCUT2D eigenvalue weighted by atomic mass is 16.1. The summed E-state index contributed by atoms with van der Waals surface area (Å²) in [7, 11) is 0. The van der Waals surface area contributed by atoms with Crippen LogP contribution in [0.3, 0.4) is 0 Å². The van der Waals surface area contributed by atoms with Gasteiger partial charge in [-0.1, -0.05) is 74.9 Å². The molecule has 3 aromatic rings. The molecule has 1 aliphatic carbocycles. The Morgan fingerprint density at radius 1 is 1.03 bits per heavy atom. The maximum atomic E-state index is 12.7. The van der Waals surface area contributed by atoms with Gasteiger partial charge >= 0.3 is 0 Å². The predicted octanol–water partition coefficient (Wildman–Crippen LogP) is 5.01. The van der Waals surface area contributed by atoms with Crippen LogP contribution in [-0.2, 0) is 30.5 Å². The summed E-state index contributed by atoms with van der Waals surface area (Å²) in [6, 6.07) is 18.2. The highest BCUT2D eigenvalue weighted by Gasteiger charge is 2.22. The summed E-state index contributed by atoms with van der Waals surface area (Å²) in [5.41, 5.74) is 6.33. The van der Waals surface area contributed by atoms with Crippen molar-refractivity contribution < 1.29 is 4.79 Å². The highest BCUT2D eigenvalue weighted by Crippen LogP contribution is 2.33. The second kappa shape index (κ2) is 8.56. The molecule has 1 unspecified atom stereocenters. The molecule has 29 heavy (non-hydrogen) atoms. The van der Waals surface area contributed by atoms with Crippen molar-refractivity contribution in [2.24, 2.45) is 5.92 Å². The Bertz CT molecular complexity index is 1010. The number of aryl methyl sites for hydroxylation is 2. The Labute approximate surface area is 172 Å². The SMILES string of the molecule is CCC(C)Cc1nc2c(nc1NC(=O)Cc1ccccc1)CCc1ccccc1-2. The third-order valence-corrected chi connectivity index (χ3v) is 5.65. The zero-order valence-electron chi connectivity index (χ0n) is 17.1. The number of benzene rings is 2. The minimum atomic E-state index is -0.0490. The molecule has 4 heteroatoms. The molecule has 2 aromatic carbocycles. The van der Waals surface area contributed by atoms with Crippen LogP contribution in [0, 0.1) is 5.92 Å². The molecule has 0 saturated carbocycles. The topological polar surface area (TPSA) is 54.9 Å². The first-order valence-corrected chi connectivity index (χ1v) is 10.5. The lowest BCUT2D eigenvalue weighted by atomic mass is 9.91. The molecule has 1 amide bonds. The van der Waals surface area contributed by atoms with Gasteiger partial charge in [0.05, 0.1) is 23.5 Å². The third-order valence-electron chi connectivity index (χ3n) is 5.65. The minimum absolute atomic E-state index is 0.0490. The number of fused-ring (bicyclic) bond motifs is 3. The Morgan fingerprint density at radius 2 is 1.79 bits per heavy atom. The van der Waals surface area contributed by atoms with Crippen LogP contribution in [0.1, 0.15) is 42.8 Å². The summed E-state index contributed by atoms with van der Waals surface area (Å²) in [6.07, 6.45) is 4.02. The van der Waals surface area contributed by atoms with E-state index in [-0.39, 0.29) is 5.91 Å². The summed E-state index contributed by atoms with van der Waals surface area (Å²) in [6.45, 7) is 4.39. The lowest BCUT2D eigenvalue weighted by Crippen LogP contribution is -2.20. The molecular weight excluding hydrogens is 358 g/mol. The van der Waals surface area contributed by atoms with Gasteiger partial charge in [0, 0.05) is 5.56 Å². The molecule has 1 aliphatic rings. The first kappa shape index (κ1) is 19.3. The Balaban J connectivity index is 1.66. The van der Waals surface area contributed by atoms with Gasteiger partial charge in [-0.25, -0.2) is 9.97 Å². The Morgan fingerprint density at radius 3 is 2.59 bits per heavy atom. The number of carbonyl (C=O) groups is 1. The molecule has 0 bridgehead atoms. The van der Waals surface area contributed by atoms with Gasteiger partial charge in [-0.15, -0.1) is 0 Å². The standard InChI is InChI=1S/C25H27N3O/c1-3-17(2)15-22-25(28-23(29)16-18-9-5-4-6-10-18)27-21-14-13-19-11-7-8-12-20(19)24(21)26-22/h4-12,17H,3,13-16H2,1-2H3,(H,27,28,29). The number of nitrogens with zero attached hydrogens (tertiary/aromatic N) is 2. The molecule has 4 nitrogen and oxygen atoms in total. The van der Waals surface area contributed by atoms with Crippen molar-refractivity contribution in [3.63, 3.8) is 0 Å². The summed E-state index contributed by atoms with van der Waals surface area (Å²) in [5, 5.41) is 3.05. The maximum absolute atomic E-state index is 12.7. The fourth-order valence-corrected chi connectivity index (χ4v) is 3.79. The van der Waals surface area contributed by atoms with Crippen LogP contribution in [0.2, 0.25) is 0 Å². The predicted molar refractivity (Wildman–Crippen MR) is 117 cm³/mol. The van der Waals surface area contributed by atoms with E-state index < -0.39 is 0 Å². The first-order chi connectivity index (χ1) is 14.1. The van der Waals surface area contributed by atoms with Gasteiger partial charge in [-0.05, 0) is 36.3 Å². The number of rotatable bonds is 6. The number of hydrogen-bond acceptors (Lipinski definition) is 3. The smallest absolute Gasteiger partial charge is 0.229 e. The van der Waals surface area contributed by atoms with E-state index in [9.17, 15) is 4.79 Å². The van der Waals surface area contributed by atoms with E-state index in [1.54, 1.807) is 0 Å². The summed E-state index contributed by atoms with van der Waals surface area (Å²) < 4.78 is 0. The van der Waals surface area contributed by atoms with E-state index in [0.717, 1.165) is 48.3 Å². The molecule has 0 spiro atoms. The van der Waals surface area contributed by atoms with E-state index >= 15 is 0 Å². The van der Waals surface area contributed by atoms with Crippen LogP contribution in [0.15, 0.2) is 54.6 Å². The summed E-state index contributed by atoms with van der Waals surface area (Å²) in [4.78, 5) is 22.6. The maximum Gasteiger partial charge on any atom is 0.229 e. The molecule has 148 valence electrons. The molecular formula is C25H27N3O. The molecule has 1 N–H and O–H groups in total. The summed E-state index contributed by atoms with van der Waals surface area (Å²) in [5.74, 6) is 1.06. The minimum Gasteiger partial charge on any atom is -0.309 e. The lowest BCUT2D eigenvalue weighted by Gasteiger charge is -2.21. The third kappa shape index (κ3) is 4.37. The van der Waals surface area contributed by atoms with Gasteiger partial charge in [-0.2, -0.15) is 0 Å². The zero-order chi connectivity index (χ0) is 20.2. The van der Waals surface area contributed by atoms with Crippen LogP contribution in [0.4, 0.5) is 5.82 Å². The van der Waals surface area contributed by atoms with Crippen molar-refractivity contribution in [2.75, 3.05) is 5.32 Å². The molecule has 1 heterocycles. The van der Waals surface area contributed by atoms with Crippen LogP contribution in [0.25, 0.3) is 11.3 Å². The Kier molecular flexibility index (Phi) is 5.70. The van der Waals surface area contributed by atoms with Crippen molar-refractivity contribution >= 4 is 11.7 Å². The molecule has 0 saturated heterocycles. The van der Waals surface area contributed by atoms with Crippen molar-refractivity contribution in [1.82, 2.24) is 9.97 Å². The molecule has 0 fully saturated rings. The van der Waals surface area contributed by atoms with E-state index in [2.05, 4.69) is 43.4 Å². The van der Waals surface area contributed by atoms with E-state index in [1.807, 2.05) is 30.3 Å². The van der Waals surface area contributed by atoms with Crippen molar-refractivity contribution in [3.8, 4) is 11.3 Å². The lowest BCUT2D eigenvalue weighted by molar-refractivity contribution is -0.115. The summed E-state index contributed by atoms with van der Waals surface area (Å²) >= 11 is 0. The van der Waals surface area contributed by atoms with Gasteiger partial charge in [0.15, 0.2) is 5.82 Å². The van der Waals surface area contributed by atoms with E-state index in [0.29, 0.717) is 18.2 Å². The van der Waals surface area contributed by atoms with Crippen molar-refractivity contribution in [3.05, 3.63) is 77.1 Å². The van der Waals surface area contributed by atoms with Crippen molar-refractivity contribution in [1.29, 1.82) is 0 Å². The number of hydrogen-bond donors (Lipinski definition) is 1. The first-order valence-electron chi connectivity index (χ1n) is 10.5. The number of aromatic nitrogens is 2. The number of nitrogens with one attached hydrogen (secondary N) is 1. The average molecular weight is 386 g/mol. The fourth-order valence-electron chi connectivity index (χ4n) is 3.79. The normalized spacial score (nSPS) is 13.3. The average Bonchev–Trinajstić information content (AvgIpc) is 2.74. The van der Waals surface area contributed by atoms with Gasteiger partial charge in [-0.3, -0.25) is 4.79 Å². The van der Waals surface area contributed by atoms with Gasteiger partial charge in [0.1, 0.15) is 0 Å². The van der Waals surface area contributed by atoms with Crippen molar-refractivity contribution in [2.45, 2.75) is 46.0 Å².